The van der Waals surface area contributed by atoms with Crippen LogP contribution in [0.2, 0.25) is 0 Å². The van der Waals surface area contributed by atoms with Gasteiger partial charge in [0.1, 0.15) is 11.5 Å². The maximum atomic E-state index is 13.4. The number of anilines is 1. The molecule has 6 N–H and O–H groups in total. The number of aromatic nitrogens is 1. The molecule has 0 amide bonds. The van der Waals surface area contributed by atoms with E-state index >= 15 is 0 Å². The molecule has 0 atom stereocenters. The first-order valence-corrected chi connectivity index (χ1v) is 11.0. The molecule has 1 fully saturated rings. The van der Waals surface area contributed by atoms with E-state index in [0.29, 0.717) is 60.3 Å². The van der Waals surface area contributed by atoms with Gasteiger partial charge in [0.25, 0.3) is 0 Å². The number of nitrogen functional groups attached to an aromatic ring is 1. The molecule has 2 aliphatic rings. The van der Waals surface area contributed by atoms with Gasteiger partial charge in [-0.25, -0.2) is 4.98 Å². The summed E-state index contributed by atoms with van der Waals surface area (Å²) in [6.07, 6.45) is -1.27. The molecule has 0 radical (unpaired) electrons. The average Bonchev–Trinajstić information content (AvgIpc) is 2.79. The molecule has 4 rings (SSSR count). The number of nitrogens with one attached hydrogen (secondary N) is 2. The monoisotopic (exact) mass is 459 g/mol. The van der Waals surface area contributed by atoms with Crippen LogP contribution in [0.4, 0.5) is 18.9 Å². The average molecular weight is 460 g/mol. The molecule has 2 heterocycles. The number of fused-ring (bicyclic) bond motifs is 3. The van der Waals surface area contributed by atoms with E-state index < -0.39 is 17.4 Å². The Kier molecular flexibility index (Phi) is 6.04. The molecule has 1 aliphatic heterocycles. The Balaban J connectivity index is 1.96. The zero-order valence-corrected chi connectivity index (χ0v) is 18.5. The van der Waals surface area contributed by atoms with E-state index in [-0.39, 0.29) is 5.69 Å². The molecule has 0 unspecified atom stereocenters. The summed E-state index contributed by atoms with van der Waals surface area (Å²) in [5.74, 6) is 0.311. The number of alkyl halides is 3. The number of benzene rings is 1. The largest absolute Gasteiger partial charge is 0.431 e. The van der Waals surface area contributed by atoms with Crippen LogP contribution in [0.3, 0.4) is 0 Å². The summed E-state index contributed by atoms with van der Waals surface area (Å²) in [6.45, 7) is 3.05. The number of pyridine rings is 1. The molecule has 10 heteroatoms. The molecule has 176 valence electrons. The van der Waals surface area contributed by atoms with Gasteiger partial charge >= 0.3 is 6.18 Å². The number of nitrogens with two attached hydrogens (primary N) is 2. The Morgan fingerprint density at radius 2 is 1.73 bits per heavy atom. The van der Waals surface area contributed by atoms with Crippen molar-refractivity contribution in [1.82, 2.24) is 14.8 Å². The second-order valence-corrected chi connectivity index (χ2v) is 8.66. The zero-order valence-electron chi connectivity index (χ0n) is 18.5. The molecule has 0 saturated carbocycles. The zero-order chi connectivity index (χ0) is 23.9. The molecule has 1 aromatic carbocycles. The van der Waals surface area contributed by atoms with E-state index in [2.05, 4.69) is 9.88 Å². The lowest BCUT2D eigenvalue weighted by Gasteiger charge is -2.35. The van der Waals surface area contributed by atoms with Crippen LogP contribution in [0, 0.1) is 10.8 Å². The number of nitrogens with zero attached hydrogens (tertiary/aromatic N) is 3. The summed E-state index contributed by atoms with van der Waals surface area (Å²) in [6, 6.07) is 3.32. The Morgan fingerprint density at radius 3 is 2.33 bits per heavy atom. The molecule has 2 aromatic rings. The molecule has 0 spiro atoms. The summed E-state index contributed by atoms with van der Waals surface area (Å²) < 4.78 is 40.2. The fraction of sp³-hybridized carbons (Fsp3) is 0.435. The summed E-state index contributed by atoms with van der Waals surface area (Å²) in [7, 11) is 2.04. The third-order valence-electron chi connectivity index (χ3n) is 6.55. The fourth-order valence-electron chi connectivity index (χ4n) is 4.73. The Bertz CT molecular complexity index is 1150. The molecule has 7 nitrogen and oxygen atoms in total. The number of rotatable bonds is 3. The maximum absolute atomic E-state index is 13.4. The highest BCUT2D eigenvalue weighted by molar-refractivity contribution is 6.15. The van der Waals surface area contributed by atoms with E-state index in [4.69, 9.17) is 22.3 Å². The van der Waals surface area contributed by atoms with Gasteiger partial charge in [-0.3, -0.25) is 5.41 Å². The van der Waals surface area contributed by atoms with Crippen molar-refractivity contribution in [3.05, 3.63) is 40.2 Å². The van der Waals surface area contributed by atoms with E-state index in [0.717, 1.165) is 36.9 Å². The second kappa shape index (κ2) is 8.66. The van der Waals surface area contributed by atoms with Crippen LogP contribution in [0.25, 0.3) is 16.5 Å². The topological polar surface area (TPSA) is 119 Å². The third kappa shape index (κ3) is 4.15. The summed E-state index contributed by atoms with van der Waals surface area (Å²) in [5.41, 5.74) is 13.2. The SMILES string of the molecule is CN1CCN(C(=N)c2c(N)ccc3nc(C(C=N)=C(N)C(F)(F)F)c4c(c23)CCCC4)CC1. The fourth-order valence-corrected chi connectivity index (χ4v) is 4.73. The van der Waals surface area contributed by atoms with Gasteiger partial charge in [0, 0.05) is 54.6 Å². The van der Waals surface area contributed by atoms with Crippen molar-refractivity contribution in [3.8, 4) is 0 Å². The summed E-state index contributed by atoms with van der Waals surface area (Å²) >= 11 is 0. The molecule has 33 heavy (non-hydrogen) atoms. The minimum absolute atomic E-state index is 0.101. The number of allylic oxidation sites excluding steroid dienone is 2. The summed E-state index contributed by atoms with van der Waals surface area (Å²) in [5, 5.41) is 17.3. The first-order chi connectivity index (χ1) is 15.6. The van der Waals surface area contributed by atoms with Crippen LogP contribution in [-0.4, -0.2) is 66.2 Å². The first kappa shape index (κ1) is 23.0. The van der Waals surface area contributed by atoms with Crippen LogP contribution >= 0.6 is 0 Å². The van der Waals surface area contributed by atoms with Crippen LogP contribution < -0.4 is 11.5 Å². The van der Waals surface area contributed by atoms with Gasteiger partial charge in [0.05, 0.1) is 11.2 Å². The molecule has 1 aliphatic carbocycles. The molecule has 0 bridgehead atoms. The number of aryl methyl sites for hydroxylation is 1. The molecule has 1 saturated heterocycles. The number of hydrogen-bond acceptors (Lipinski definition) is 6. The van der Waals surface area contributed by atoms with Crippen molar-refractivity contribution in [1.29, 1.82) is 10.8 Å². The van der Waals surface area contributed by atoms with Gasteiger partial charge in [-0.05, 0) is 56.0 Å². The highest BCUT2D eigenvalue weighted by Crippen LogP contribution is 2.38. The highest BCUT2D eigenvalue weighted by atomic mass is 19.4. The number of amidine groups is 1. The minimum atomic E-state index is -4.76. The van der Waals surface area contributed by atoms with Gasteiger partial charge in [0.15, 0.2) is 0 Å². The van der Waals surface area contributed by atoms with Gasteiger partial charge in [-0.2, -0.15) is 13.2 Å². The van der Waals surface area contributed by atoms with E-state index in [1.807, 2.05) is 11.9 Å². The summed E-state index contributed by atoms with van der Waals surface area (Å²) in [4.78, 5) is 8.75. The Hall–Kier alpha value is -3.14. The van der Waals surface area contributed by atoms with Crippen LogP contribution in [0.5, 0.6) is 0 Å². The molecular formula is C23H28F3N7. The van der Waals surface area contributed by atoms with E-state index in [9.17, 15) is 13.2 Å². The molecule has 1 aromatic heterocycles. The van der Waals surface area contributed by atoms with Crippen LogP contribution in [-0.2, 0) is 12.8 Å². The molecular weight excluding hydrogens is 431 g/mol. The second-order valence-electron chi connectivity index (χ2n) is 8.66. The standard InChI is InChI=1S/C23H28F3N7/c1-32-8-10-33(11-9-32)22(30)19-16(28)6-7-17-18(19)13-4-2-3-5-14(13)20(31-17)15(12-27)21(29)23(24,25)26/h6-7,12,27,30H,2-5,8-11,28-29H2,1H3. The van der Waals surface area contributed by atoms with E-state index in [1.54, 1.807) is 12.1 Å². The van der Waals surface area contributed by atoms with Gasteiger partial charge < -0.3 is 26.7 Å². The predicted molar refractivity (Wildman–Crippen MR) is 125 cm³/mol. The van der Waals surface area contributed by atoms with Gasteiger partial charge in [-0.15, -0.1) is 0 Å². The van der Waals surface area contributed by atoms with Crippen molar-refractivity contribution in [2.45, 2.75) is 31.9 Å². The minimum Gasteiger partial charge on any atom is -0.398 e. The normalized spacial score (nSPS) is 18.1. The van der Waals surface area contributed by atoms with Crippen LogP contribution in [0.15, 0.2) is 17.8 Å². The Labute approximate surface area is 190 Å². The van der Waals surface area contributed by atoms with Crippen molar-refractivity contribution >= 4 is 34.2 Å². The first-order valence-electron chi connectivity index (χ1n) is 11.0. The van der Waals surface area contributed by atoms with Crippen molar-refractivity contribution in [3.63, 3.8) is 0 Å². The lowest BCUT2D eigenvalue weighted by atomic mass is 9.84. The maximum Gasteiger partial charge on any atom is 0.431 e. The van der Waals surface area contributed by atoms with Crippen LogP contribution in [0.1, 0.15) is 35.2 Å². The number of piperazine rings is 1. The Morgan fingerprint density at radius 1 is 1.09 bits per heavy atom. The third-order valence-corrected chi connectivity index (χ3v) is 6.55. The van der Waals surface area contributed by atoms with E-state index in [1.165, 1.54) is 0 Å². The van der Waals surface area contributed by atoms with Crippen molar-refractivity contribution in [2.24, 2.45) is 5.73 Å². The van der Waals surface area contributed by atoms with Gasteiger partial charge in [0.2, 0.25) is 0 Å². The predicted octanol–water partition coefficient (Wildman–Crippen LogP) is 3.15. The number of hydrogen-bond donors (Lipinski definition) is 4. The van der Waals surface area contributed by atoms with Gasteiger partial charge in [-0.1, -0.05) is 0 Å². The highest BCUT2D eigenvalue weighted by Gasteiger charge is 2.36. The lowest BCUT2D eigenvalue weighted by molar-refractivity contribution is -0.0919. The van der Waals surface area contributed by atoms with Crippen molar-refractivity contribution in [2.75, 3.05) is 39.0 Å². The smallest absolute Gasteiger partial charge is 0.398 e. The van der Waals surface area contributed by atoms with Crippen molar-refractivity contribution < 1.29 is 13.2 Å². The number of likely N-dealkylation sites (N-methyl/N-ethyl adjacent to an activating group) is 1. The quantitative estimate of drug-likeness (QED) is 0.319. The lowest BCUT2D eigenvalue weighted by Crippen LogP contribution is -2.47. The number of halogens is 3.